The number of hydrogen-bond acceptors (Lipinski definition) is 1. The second-order valence-corrected chi connectivity index (χ2v) is 7.00. The summed E-state index contributed by atoms with van der Waals surface area (Å²) in [5.74, 6) is -1.23. The number of piperidine rings is 1. The molecule has 0 bridgehead atoms. The molecular weight excluding hydrogens is 275 g/mol. The number of nitrogens with one attached hydrogen (secondary N) is 1. The van der Waals surface area contributed by atoms with Crippen LogP contribution >= 0.6 is 0 Å². The zero-order valence-corrected chi connectivity index (χ0v) is 12.9. The van der Waals surface area contributed by atoms with Crippen molar-refractivity contribution >= 4 is 0 Å². The molecule has 1 nitrogen and oxygen atoms in total. The molecule has 1 aliphatic rings. The average molecular weight is 299 g/mol. The van der Waals surface area contributed by atoms with E-state index in [4.69, 9.17) is 0 Å². The number of hydrogen-bond donors (Lipinski definition) is 1. The van der Waals surface area contributed by atoms with E-state index < -0.39 is 18.1 Å². The molecule has 0 spiro atoms. The van der Waals surface area contributed by atoms with Gasteiger partial charge in [0.2, 0.25) is 0 Å². The van der Waals surface area contributed by atoms with Crippen molar-refractivity contribution in [2.45, 2.75) is 57.7 Å². The standard InChI is InChI=1S/C17H24F3N/c1-16(2,3)13-8-6-12(7-9-13)11-15-14(17(18,19)20)5-4-10-21-15/h6-9,14-15,21H,4-5,10-11H2,1-3H3. The van der Waals surface area contributed by atoms with Crippen LogP contribution in [0.1, 0.15) is 44.7 Å². The van der Waals surface area contributed by atoms with E-state index in [0.717, 1.165) is 5.56 Å². The fourth-order valence-corrected chi connectivity index (χ4v) is 2.95. The summed E-state index contributed by atoms with van der Waals surface area (Å²) in [6.07, 6.45) is -2.83. The van der Waals surface area contributed by atoms with E-state index in [9.17, 15) is 13.2 Å². The summed E-state index contributed by atoms with van der Waals surface area (Å²) < 4.78 is 39.2. The molecule has 118 valence electrons. The van der Waals surface area contributed by atoms with Crippen molar-refractivity contribution in [2.24, 2.45) is 5.92 Å². The molecule has 1 fully saturated rings. The maximum Gasteiger partial charge on any atom is 0.393 e. The van der Waals surface area contributed by atoms with Gasteiger partial charge in [-0.15, -0.1) is 0 Å². The number of benzene rings is 1. The average Bonchev–Trinajstić information content (AvgIpc) is 2.37. The van der Waals surface area contributed by atoms with Crippen LogP contribution in [-0.2, 0) is 11.8 Å². The van der Waals surface area contributed by atoms with Crippen molar-refractivity contribution in [3.63, 3.8) is 0 Å². The van der Waals surface area contributed by atoms with Crippen molar-refractivity contribution in [1.29, 1.82) is 0 Å². The van der Waals surface area contributed by atoms with Crippen LogP contribution < -0.4 is 5.32 Å². The third-order valence-corrected chi connectivity index (χ3v) is 4.28. The van der Waals surface area contributed by atoms with Crippen molar-refractivity contribution in [3.05, 3.63) is 35.4 Å². The lowest BCUT2D eigenvalue weighted by molar-refractivity contribution is -0.188. The van der Waals surface area contributed by atoms with Gasteiger partial charge in [0.15, 0.2) is 0 Å². The third kappa shape index (κ3) is 4.22. The number of alkyl halides is 3. The number of halogens is 3. The summed E-state index contributed by atoms with van der Waals surface area (Å²) >= 11 is 0. The van der Waals surface area contributed by atoms with Crippen LogP contribution in [0, 0.1) is 5.92 Å². The van der Waals surface area contributed by atoms with Gasteiger partial charge < -0.3 is 5.32 Å². The Kier molecular flexibility index (Phi) is 4.66. The van der Waals surface area contributed by atoms with Crippen LogP contribution in [0.15, 0.2) is 24.3 Å². The molecule has 0 radical (unpaired) electrons. The van der Waals surface area contributed by atoms with Gasteiger partial charge in [0.1, 0.15) is 0 Å². The predicted octanol–water partition coefficient (Wildman–Crippen LogP) is 4.46. The molecule has 1 N–H and O–H groups in total. The Morgan fingerprint density at radius 3 is 2.24 bits per heavy atom. The van der Waals surface area contributed by atoms with E-state index in [2.05, 4.69) is 26.1 Å². The minimum atomic E-state index is -4.11. The first-order valence-corrected chi connectivity index (χ1v) is 7.57. The molecule has 0 aromatic heterocycles. The second-order valence-electron chi connectivity index (χ2n) is 7.00. The lowest BCUT2D eigenvalue weighted by Gasteiger charge is -2.34. The summed E-state index contributed by atoms with van der Waals surface area (Å²) in [5.41, 5.74) is 2.24. The predicted molar refractivity (Wildman–Crippen MR) is 79.4 cm³/mol. The molecule has 1 aromatic rings. The molecule has 1 saturated heterocycles. The Labute approximate surface area is 124 Å². The quantitative estimate of drug-likeness (QED) is 0.850. The Hall–Kier alpha value is -1.03. The minimum Gasteiger partial charge on any atom is -0.313 e. The monoisotopic (exact) mass is 299 g/mol. The fourth-order valence-electron chi connectivity index (χ4n) is 2.95. The highest BCUT2D eigenvalue weighted by atomic mass is 19.4. The lowest BCUT2D eigenvalue weighted by Crippen LogP contribution is -2.48. The van der Waals surface area contributed by atoms with E-state index in [1.54, 1.807) is 0 Å². The topological polar surface area (TPSA) is 12.0 Å². The van der Waals surface area contributed by atoms with E-state index in [0.29, 0.717) is 19.4 Å². The highest BCUT2D eigenvalue weighted by molar-refractivity contribution is 5.28. The lowest BCUT2D eigenvalue weighted by atomic mass is 9.84. The molecule has 21 heavy (non-hydrogen) atoms. The van der Waals surface area contributed by atoms with E-state index in [1.165, 1.54) is 5.56 Å². The van der Waals surface area contributed by atoms with Gasteiger partial charge in [0, 0.05) is 6.04 Å². The molecule has 1 heterocycles. The summed E-state index contributed by atoms with van der Waals surface area (Å²) in [6, 6.07) is 7.48. The molecule has 0 amide bonds. The van der Waals surface area contributed by atoms with Gasteiger partial charge >= 0.3 is 6.18 Å². The molecule has 2 rings (SSSR count). The molecule has 2 atom stereocenters. The zero-order valence-electron chi connectivity index (χ0n) is 12.9. The van der Waals surface area contributed by atoms with Gasteiger partial charge in [0.25, 0.3) is 0 Å². The van der Waals surface area contributed by atoms with Gasteiger partial charge in [-0.3, -0.25) is 0 Å². The smallest absolute Gasteiger partial charge is 0.313 e. The first kappa shape index (κ1) is 16.3. The normalized spacial score (nSPS) is 24.1. The van der Waals surface area contributed by atoms with Crippen LogP contribution in [0.5, 0.6) is 0 Å². The van der Waals surface area contributed by atoms with Gasteiger partial charge in [-0.2, -0.15) is 13.2 Å². The highest BCUT2D eigenvalue weighted by Crippen LogP contribution is 2.35. The minimum absolute atomic E-state index is 0.0656. The van der Waals surface area contributed by atoms with Crippen LogP contribution in [0.2, 0.25) is 0 Å². The Bertz CT molecular complexity index is 456. The molecule has 0 aliphatic carbocycles. The highest BCUT2D eigenvalue weighted by Gasteiger charge is 2.45. The van der Waals surface area contributed by atoms with Crippen molar-refractivity contribution < 1.29 is 13.2 Å². The van der Waals surface area contributed by atoms with Crippen molar-refractivity contribution in [3.8, 4) is 0 Å². The largest absolute Gasteiger partial charge is 0.393 e. The fraction of sp³-hybridized carbons (Fsp3) is 0.647. The summed E-state index contributed by atoms with van der Waals surface area (Å²) in [7, 11) is 0. The molecule has 0 saturated carbocycles. The SMILES string of the molecule is CC(C)(C)c1ccc(CC2NCCCC2C(F)(F)F)cc1. The first-order chi connectivity index (χ1) is 9.68. The Balaban J connectivity index is 2.09. The Morgan fingerprint density at radius 2 is 1.71 bits per heavy atom. The van der Waals surface area contributed by atoms with Gasteiger partial charge in [0.05, 0.1) is 5.92 Å². The summed E-state index contributed by atoms with van der Waals surface area (Å²) in [5, 5.41) is 3.05. The molecule has 4 heteroatoms. The Morgan fingerprint density at radius 1 is 1.10 bits per heavy atom. The van der Waals surface area contributed by atoms with Gasteiger partial charge in [-0.25, -0.2) is 0 Å². The van der Waals surface area contributed by atoms with E-state index in [1.807, 2.05) is 24.3 Å². The van der Waals surface area contributed by atoms with E-state index >= 15 is 0 Å². The summed E-state index contributed by atoms with van der Waals surface area (Å²) in [4.78, 5) is 0. The molecule has 1 aromatic carbocycles. The van der Waals surface area contributed by atoms with Crippen LogP contribution in [0.4, 0.5) is 13.2 Å². The van der Waals surface area contributed by atoms with E-state index in [-0.39, 0.29) is 11.8 Å². The second kappa shape index (κ2) is 5.99. The third-order valence-electron chi connectivity index (χ3n) is 4.28. The number of rotatable bonds is 2. The maximum absolute atomic E-state index is 13.1. The van der Waals surface area contributed by atoms with Gasteiger partial charge in [-0.1, -0.05) is 45.0 Å². The van der Waals surface area contributed by atoms with Crippen LogP contribution in [-0.4, -0.2) is 18.8 Å². The van der Waals surface area contributed by atoms with Crippen LogP contribution in [0.3, 0.4) is 0 Å². The molecule has 1 aliphatic heterocycles. The first-order valence-electron chi connectivity index (χ1n) is 7.57. The molecule has 2 unspecified atom stereocenters. The van der Waals surface area contributed by atoms with Crippen molar-refractivity contribution in [2.75, 3.05) is 6.54 Å². The zero-order chi connectivity index (χ0) is 15.7. The van der Waals surface area contributed by atoms with Crippen molar-refractivity contribution in [1.82, 2.24) is 5.32 Å². The molecular formula is C17H24F3N. The summed E-state index contributed by atoms with van der Waals surface area (Å²) in [6.45, 7) is 7.07. The van der Waals surface area contributed by atoms with Crippen LogP contribution in [0.25, 0.3) is 0 Å². The van der Waals surface area contributed by atoms with Gasteiger partial charge in [-0.05, 0) is 42.3 Å². The maximum atomic E-state index is 13.1.